The van der Waals surface area contributed by atoms with Crippen LogP contribution in [0.1, 0.15) is 61.8 Å². The number of benzene rings is 3. The zero-order chi connectivity index (χ0) is 30.1. The van der Waals surface area contributed by atoms with Crippen LogP contribution in [0.4, 0.5) is 5.69 Å². The van der Waals surface area contributed by atoms with Crippen LogP contribution in [0.2, 0.25) is 0 Å². The predicted molar refractivity (Wildman–Crippen MR) is 159 cm³/mol. The van der Waals surface area contributed by atoms with Crippen LogP contribution in [-0.2, 0) is 41.7 Å². The first-order valence-corrected chi connectivity index (χ1v) is 14.7. The van der Waals surface area contributed by atoms with Gasteiger partial charge in [0.2, 0.25) is 5.91 Å². The molecule has 1 saturated heterocycles. The van der Waals surface area contributed by atoms with Crippen LogP contribution in [0.15, 0.2) is 77.7 Å². The summed E-state index contributed by atoms with van der Waals surface area (Å²) in [5, 5.41) is 15.0. The fourth-order valence-corrected chi connectivity index (χ4v) is 5.40. The minimum atomic E-state index is -0.862. The Balaban J connectivity index is 1.43. The highest BCUT2D eigenvalue weighted by Crippen LogP contribution is 2.39. The van der Waals surface area contributed by atoms with Crippen LogP contribution in [0.25, 0.3) is 0 Å². The van der Waals surface area contributed by atoms with Crippen molar-refractivity contribution < 1.29 is 33.7 Å². The van der Waals surface area contributed by atoms with Gasteiger partial charge < -0.3 is 30.0 Å². The minimum absolute atomic E-state index is 0.0208. The molecule has 9 nitrogen and oxygen atoms in total. The van der Waals surface area contributed by atoms with Crippen LogP contribution in [0, 0.1) is 0 Å². The fraction of sp³-hybridized carbons (Fsp3) is 0.344. The number of nitrogens with one attached hydrogen (secondary N) is 2. The van der Waals surface area contributed by atoms with Crippen molar-refractivity contribution in [2.75, 3.05) is 11.1 Å². The Labute approximate surface area is 249 Å². The van der Waals surface area contributed by atoms with Gasteiger partial charge in [-0.3, -0.25) is 14.4 Å². The monoisotopic (exact) mass is 592 g/mol. The van der Waals surface area contributed by atoms with Crippen molar-refractivity contribution in [1.29, 1.82) is 0 Å². The van der Waals surface area contributed by atoms with Crippen molar-refractivity contribution in [2.45, 2.75) is 69.8 Å². The average molecular weight is 593 g/mol. The van der Waals surface area contributed by atoms with Crippen molar-refractivity contribution in [2.24, 2.45) is 0 Å². The van der Waals surface area contributed by atoms with Gasteiger partial charge in [0.25, 0.3) is 5.91 Å². The van der Waals surface area contributed by atoms with Gasteiger partial charge in [0.05, 0.1) is 18.8 Å². The number of hydrogen-bond donors (Lipinski definition) is 3. The van der Waals surface area contributed by atoms with E-state index in [1.54, 1.807) is 11.8 Å². The van der Waals surface area contributed by atoms with E-state index in [-0.39, 0.29) is 37.2 Å². The van der Waals surface area contributed by atoms with E-state index < -0.39 is 18.4 Å². The summed E-state index contributed by atoms with van der Waals surface area (Å²) in [6, 6.07) is 23.1. The third-order valence-electron chi connectivity index (χ3n) is 6.66. The highest BCUT2D eigenvalue weighted by Gasteiger charge is 2.32. The molecule has 3 aromatic carbocycles. The molecule has 1 aliphatic rings. The van der Waals surface area contributed by atoms with Gasteiger partial charge in [-0.1, -0.05) is 48.5 Å². The molecule has 1 aliphatic heterocycles. The summed E-state index contributed by atoms with van der Waals surface area (Å²) in [7, 11) is 0. The molecule has 222 valence electrons. The quantitative estimate of drug-likeness (QED) is 0.209. The van der Waals surface area contributed by atoms with E-state index in [2.05, 4.69) is 10.6 Å². The molecule has 1 fully saturated rings. The SMILES string of the molecule is CC(=O)Nc1ccc(SCC2CC(c3ccc(CO)cc3)OC(c3ccc(CNC(=O)C(C)OC(C)=O)cc3)O2)cc1. The van der Waals surface area contributed by atoms with E-state index in [0.29, 0.717) is 12.2 Å². The van der Waals surface area contributed by atoms with Crippen molar-refractivity contribution in [3.8, 4) is 0 Å². The lowest BCUT2D eigenvalue weighted by atomic mass is 10.0. The number of thioether (sulfide) groups is 1. The number of aliphatic hydroxyl groups excluding tert-OH is 1. The molecule has 0 bridgehead atoms. The molecule has 2 amide bonds. The maximum Gasteiger partial charge on any atom is 0.303 e. The first-order chi connectivity index (χ1) is 20.2. The number of rotatable bonds is 11. The number of carbonyl (C=O) groups is 3. The lowest BCUT2D eigenvalue weighted by Crippen LogP contribution is -2.35. The van der Waals surface area contributed by atoms with E-state index >= 15 is 0 Å². The Hall–Kier alpha value is -3.70. The molecule has 0 aromatic heterocycles. The van der Waals surface area contributed by atoms with Gasteiger partial charge in [-0.2, -0.15) is 0 Å². The summed E-state index contributed by atoms with van der Waals surface area (Å²) in [5.41, 5.74) is 4.33. The molecule has 1 heterocycles. The molecule has 0 radical (unpaired) electrons. The van der Waals surface area contributed by atoms with E-state index in [0.717, 1.165) is 32.8 Å². The summed E-state index contributed by atoms with van der Waals surface area (Å²) < 4.78 is 17.8. The molecule has 3 N–H and O–H groups in total. The topological polar surface area (TPSA) is 123 Å². The highest BCUT2D eigenvalue weighted by atomic mass is 32.2. The number of carbonyl (C=O) groups excluding carboxylic acids is 3. The number of anilines is 1. The molecule has 0 saturated carbocycles. The van der Waals surface area contributed by atoms with Gasteiger partial charge >= 0.3 is 5.97 Å². The number of ether oxygens (including phenoxy) is 3. The Bertz CT molecular complexity index is 1350. The second-order valence-corrected chi connectivity index (χ2v) is 11.2. The van der Waals surface area contributed by atoms with E-state index in [1.165, 1.54) is 20.8 Å². The Morgan fingerprint density at radius 2 is 1.57 bits per heavy atom. The van der Waals surface area contributed by atoms with Crippen LogP contribution >= 0.6 is 11.8 Å². The number of amides is 2. The molecule has 4 unspecified atom stereocenters. The second-order valence-electron chi connectivity index (χ2n) is 10.1. The zero-order valence-electron chi connectivity index (χ0n) is 23.9. The van der Waals surface area contributed by atoms with Gasteiger partial charge in [0.1, 0.15) is 0 Å². The molecule has 0 aliphatic carbocycles. The minimum Gasteiger partial charge on any atom is -0.453 e. The Morgan fingerprint density at radius 1 is 0.929 bits per heavy atom. The maximum absolute atomic E-state index is 12.2. The van der Waals surface area contributed by atoms with Crippen molar-refractivity contribution in [1.82, 2.24) is 5.32 Å². The molecule has 0 spiro atoms. The smallest absolute Gasteiger partial charge is 0.303 e. The number of hydrogen-bond acceptors (Lipinski definition) is 8. The molecule has 4 rings (SSSR count). The molecule has 42 heavy (non-hydrogen) atoms. The summed E-state index contributed by atoms with van der Waals surface area (Å²) in [6.07, 6.45) is -1.10. The summed E-state index contributed by atoms with van der Waals surface area (Å²) in [5.74, 6) is -0.279. The fourth-order valence-electron chi connectivity index (χ4n) is 4.48. The van der Waals surface area contributed by atoms with Crippen molar-refractivity contribution in [3.05, 3.63) is 95.1 Å². The van der Waals surface area contributed by atoms with Gasteiger partial charge in [-0.05, 0) is 47.9 Å². The summed E-state index contributed by atoms with van der Waals surface area (Å²) in [6.45, 7) is 4.54. The average Bonchev–Trinajstić information content (AvgIpc) is 2.99. The van der Waals surface area contributed by atoms with Gasteiger partial charge in [-0.15, -0.1) is 11.8 Å². The first kappa shape index (κ1) is 31.2. The van der Waals surface area contributed by atoms with E-state index in [1.807, 2.05) is 72.8 Å². The zero-order valence-corrected chi connectivity index (χ0v) is 24.7. The standard InChI is InChI=1S/C32H36N2O7S/c1-20(39-22(3)37)31(38)33-17-23-4-10-26(11-5-23)32-40-28(16-30(41-32)25-8-6-24(18-35)7-9-25)19-42-29-14-12-27(13-15-29)34-21(2)36/h4-15,20,28,30,32,35H,16-19H2,1-3H3,(H,33,38)(H,34,36). The third kappa shape index (κ3) is 9.15. The van der Waals surface area contributed by atoms with Crippen LogP contribution in [0.3, 0.4) is 0 Å². The normalized spacial score (nSPS) is 19.0. The Kier molecular flexibility index (Phi) is 11.1. The molecule has 4 atom stereocenters. The maximum atomic E-state index is 12.2. The van der Waals surface area contributed by atoms with Gasteiger partial charge in [-0.25, -0.2) is 0 Å². The largest absolute Gasteiger partial charge is 0.453 e. The first-order valence-electron chi connectivity index (χ1n) is 13.7. The second kappa shape index (κ2) is 15.0. The lowest BCUT2D eigenvalue weighted by molar-refractivity contribution is -0.245. The van der Waals surface area contributed by atoms with Crippen molar-refractivity contribution in [3.63, 3.8) is 0 Å². The van der Waals surface area contributed by atoms with Gasteiger partial charge in [0, 0.05) is 48.7 Å². The van der Waals surface area contributed by atoms with Crippen LogP contribution in [-0.4, -0.2) is 40.9 Å². The third-order valence-corrected chi connectivity index (χ3v) is 7.80. The van der Waals surface area contributed by atoms with Crippen LogP contribution in [0.5, 0.6) is 0 Å². The van der Waals surface area contributed by atoms with Crippen molar-refractivity contribution >= 4 is 35.2 Å². The number of aliphatic hydroxyl groups is 1. The molecule has 3 aromatic rings. The molecule has 10 heteroatoms. The summed E-state index contributed by atoms with van der Waals surface area (Å²) >= 11 is 1.67. The lowest BCUT2D eigenvalue weighted by Gasteiger charge is -2.36. The molecular formula is C32H36N2O7S. The highest BCUT2D eigenvalue weighted by molar-refractivity contribution is 7.99. The van der Waals surface area contributed by atoms with E-state index in [9.17, 15) is 19.5 Å². The van der Waals surface area contributed by atoms with Crippen LogP contribution < -0.4 is 10.6 Å². The summed E-state index contributed by atoms with van der Waals surface area (Å²) in [4.78, 5) is 35.6. The van der Waals surface area contributed by atoms with E-state index in [4.69, 9.17) is 14.2 Å². The Morgan fingerprint density at radius 3 is 2.19 bits per heavy atom. The number of esters is 1. The van der Waals surface area contributed by atoms with Gasteiger partial charge in [0.15, 0.2) is 12.4 Å². The molecular weight excluding hydrogens is 556 g/mol. The predicted octanol–water partition coefficient (Wildman–Crippen LogP) is 5.04.